The van der Waals surface area contributed by atoms with E-state index in [1.165, 1.54) is 0 Å². The van der Waals surface area contributed by atoms with Crippen molar-refractivity contribution in [2.75, 3.05) is 33.4 Å². The number of hydrogen-bond acceptors (Lipinski definition) is 4. The van der Waals surface area contributed by atoms with Crippen molar-refractivity contribution in [1.29, 1.82) is 0 Å². The lowest BCUT2D eigenvalue weighted by molar-refractivity contribution is 0.0579. The SMILES string of the molecule is CN(CCCOC(c1ccccc1)c1ccccc1)CC(O)COc1ccccc1. The maximum atomic E-state index is 10.2. The van der Waals surface area contributed by atoms with Gasteiger partial charge in [-0.1, -0.05) is 78.9 Å². The zero-order chi connectivity index (χ0) is 21.0. The first-order valence-corrected chi connectivity index (χ1v) is 10.5. The predicted octanol–water partition coefficient (Wildman–Crippen LogP) is 4.55. The van der Waals surface area contributed by atoms with Crippen molar-refractivity contribution >= 4 is 0 Å². The summed E-state index contributed by atoms with van der Waals surface area (Å²) in [6.07, 6.45) is 0.291. The number of hydrogen-bond donors (Lipinski definition) is 1. The molecule has 0 spiro atoms. The van der Waals surface area contributed by atoms with E-state index in [4.69, 9.17) is 9.47 Å². The average molecular weight is 406 g/mol. The molecule has 3 aromatic rings. The van der Waals surface area contributed by atoms with E-state index in [1.54, 1.807) is 0 Å². The van der Waals surface area contributed by atoms with Gasteiger partial charge in [-0.05, 0) is 36.7 Å². The third kappa shape index (κ3) is 7.30. The zero-order valence-electron chi connectivity index (χ0n) is 17.6. The second-order valence-corrected chi connectivity index (χ2v) is 7.47. The van der Waals surface area contributed by atoms with Gasteiger partial charge in [-0.2, -0.15) is 0 Å². The van der Waals surface area contributed by atoms with Crippen LogP contribution < -0.4 is 4.74 Å². The molecule has 4 heteroatoms. The second kappa shape index (κ2) is 12.1. The molecule has 30 heavy (non-hydrogen) atoms. The van der Waals surface area contributed by atoms with Gasteiger partial charge in [-0.25, -0.2) is 0 Å². The van der Waals surface area contributed by atoms with Gasteiger partial charge in [0, 0.05) is 19.7 Å². The zero-order valence-corrected chi connectivity index (χ0v) is 17.6. The molecule has 0 aliphatic heterocycles. The van der Waals surface area contributed by atoms with Crippen LogP contribution in [0.2, 0.25) is 0 Å². The van der Waals surface area contributed by atoms with Crippen molar-refractivity contribution in [3.8, 4) is 5.75 Å². The molecule has 0 aliphatic rings. The van der Waals surface area contributed by atoms with E-state index >= 15 is 0 Å². The van der Waals surface area contributed by atoms with E-state index in [1.807, 2.05) is 73.8 Å². The van der Waals surface area contributed by atoms with Crippen LogP contribution in [0.15, 0.2) is 91.0 Å². The van der Waals surface area contributed by atoms with Gasteiger partial charge in [-0.15, -0.1) is 0 Å². The molecule has 0 aliphatic carbocycles. The molecule has 0 bridgehead atoms. The first-order valence-electron chi connectivity index (χ1n) is 10.5. The first kappa shape index (κ1) is 22.0. The molecule has 0 aromatic heterocycles. The van der Waals surface area contributed by atoms with Crippen LogP contribution in [0.5, 0.6) is 5.75 Å². The molecule has 0 fully saturated rings. The van der Waals surface area contributed by atoms with Gasteiger partial charge in [0.1, 0.15) is 24.6 Å². The van der Waals surface area contributed by atoms with Gasteiger partial charge in [0.25, 0.3) is 0 Å². The largest absolute Gasteiger partial charge is 0.491 e. The highest BCUT2D eigenvalue weighted by Crippen LogP contribution is 2.25. The molecule has 0 saturated heterocycles. The van der Waals surface area contributed by atoms with Gasteiger partial charge in [-0.3, -0.25) is 0 Å². The Labute approximate surface area is 179 Å². The standard InChI is InChI=1S/C26H31NO3/c1-27(20-24(28)21-30-25-16-9-4-10-17-25)18-11-19-29-26(22-12-5-2-6-13-22)23-14-7-3-8-15-23/h2-10,12-17,24,26,28H,11,18-21H2,1H3. The highest BCUT2D eigenvalue weighted by Gasteiger charge is 2.14. The summed E-state index contributed by atoms with van der Waals surface area (Å²) in [6, 6.07) is 30.2. The molecule has 3 aromatic carbocycles. The minimum atomic E-state index is -0.530. The van der Waals surface area contributed by atoms with E-state index in [0.717, 1.165) is 29.8 Å². The summed E-state index contributed by atoms with van der Waals surface area (Å²) >= 11 is 0. The summed E-state index contributed by atoms with van der Waals surface area (Å²) in [4.78, 5) is 2.11. The second-order valence-electron chi connectivity index (χ2n) is 7.47. The third-order valence-electron chi connectivity index (χ3n) is 4.88. The summed E-state index contributed by atoms with van der Waals surface area (Å²) in [7, 11) is 2.01. The fraction of sp³-hybridized carbons (Fsp3) is 0.308. The smallest absolute Gasteiger partial charge is 0.119 e. The maximum Gasteiger partial charge on any atom is 0.119 e. The van der Waals surface area contributed by atoms with Gasteiger partial charge >= 0.3 is 0 Å². The van der Waals surface area contributed by atoms with E-state index in [2.05, 4.69) is 29.2 Å². The molecule has 1 atom stereocenters. The van der Waals surface area contributed by atoms with E-state index in [-0.39, 0.29) is 12.7 Å². The van der Waals surface area contributed by atoms with Crippen molar-refractivity contribution in [3.63, 3.8) is 0 Å². The third-order valence-corrected chi connectivity index (χ3v) is 4.88. The molecular formula is C26H31NO3. The molecule has 0 amide bonds. The van der Waals surface area contributed by atoms with Gasteiger partial charge in [0.15, 0.2) is 0 Å². The molecule has 158 valence electrons. The number of likely N-dealkylation sites (N-methyl/N-ethyl adjacent to an activating group) is 1. The number of nitrogens with zero attached hydrogens (tertiary/aromatic N) is 1. The van der Waals surface area contributed by atoms with Crippen LogP contribution >= 0.6 is 0 Å². The van der Waals surface area contributed by atoms with Gasteiger partial charge in [0.05, 0.1) is 0 Å². The number of para-hydroxylation sites is 1. The summed E-state index contributed by atoms with van der Waals surface area (Å²) < 4.78 is 11.9. The quantitative estimate of drug-likeness (QED) is 0.449. The Morgan fingerprint density at radius 3 is 1.90 bits per heavy atom. The predicted molar refractivity (Wildman–Crippen MR) is 121 cm³/mol. The van der Waals surface area contributed by atoms with Crippen LogP contribution in [0.1, 0.15) is 23.7 Å². The molecule has 0 radical (unpaired) electrons. The minimum Gasteiger partial charge on any atom is -0.491 e. The Kier molecular flexibility index (Phi) is 8.91. The van der Waals surface area contributed by atoms with E-state index in [9.17, 15) is 5.11 Å². The number of aliphatic hydroxyl groups is 1. The summed E-state index contributed by atoms with van der Waals surface area (Å²) in [5.74, 6) is 0.778. The first-order chi connectivity index (χ1) is 14.7. The van der Waals surface area contributed by atoms with Gasteiger partial charge in [0.2, 0.25) is 0 Å². The molecule has 0 heterocycles. The van der Waals surface area contributed by atoms with Crippen molar-refractivity contribution in [2.45, 2.75) is 18.6 Å². The lowest BCUT2D eigenvalue weighted by atomic mass is 10.0. The maximum absolute atomic E-state index is 10.2. The topological polar surface area (TPSA) is 41.9 Å². The molecular weight excluding hydrogens is 374 g/mol. The molecule has 3 rings (SSSR count). The lowest BCUT2D eigenvalue weighted by Gasteiger charge is -2.22. The molecule has 0 saturated carbocycles. The Bertz CT molecular complexity index is 787. The van der Waals surface area contributed by atoms with Crippen molar-refractivity contribution in [3.05, 3.63) is 102 Å². The van der Waals surface area contributed by atoms with Crippen LogP contribution in [0.25, 0.3) is 0 Å². The Morgan fingerprint density at radius 2 is 1.33 bits per heavy atom. The van der Waals surface area contributed by atoms with Crippen LogP contribution in [-0.4, -0.2) is 49.5 Å². The lowest BCUT2D eigenvalue weighted by Crippen LogP contribution is -2.34. The normalized spacial score (nSPS) is 12.3. The number of aliphatic hydroxyl groups excluding tert-OH is 1. The van der Waals surface area contributed by atoms with Crippen molar-refractivity contribution < 1.29 is 14.6 Å². The number of benzene rings is 3. The monoisotopic (exact) mass is 405 g/mol. The highest BCUT2D eigenvalue weighted by atomic mass is 16.5. The fourth-order valence-corrected chi connectivity index (χ4v) is 3.39. The van der Waals surface area contributed by atoms with E-state index in [0.29, 0.717) is 13.2 Å². The van der Waals surface area contributed by atoms with Crippen molar-refractivity contribution in [1.82, 2.24) is 4.90 Å². The van der Waals surface area contributed by atoms with Crippen LogP contribution in [-0.2, 0) is 4.74 Å². The summed E-state index contributed by atoms with van der Waals surface area (Å²) in [6.45, 7) is 2.34. The summed E-state index contributed by atoms with van der Waals surface area (Å²) in [5, 5.41) is 10.2. The Balaban J connectivity index is 1.41. The van der Waals surface area contributed by atoms with Crippen molar-refractivity contribution in [2.24, 2.45) is 0 Å². The van der Waals surface area contributed by atoms with Crippen LogP contribution in [0.4, 0.5) is 0 Å². The molecule has 1 N–H and O–H groups in total. The summed E-state index contributed by atoms with van der Waals surface area (Å²) in [5.41, 5.74) is 2.32. The van der Waals surface area contributed by atoms with Crippen LogP contribution in [0, 0.1) is 0 Å². The fourth-order valence-electron chi connectivity index (χ4n) is 3.39. The Morgan fingerprint density at radius 1 is 0.800 bits per heavy atom. The number of rotatable bonds is 12. The number of ether oxygens (including phenoxy) is 2. The Hall–Kier alpha value is -2.66. The van der Waals surface area contributed by atoms with E-state index < -0.39 is 6.10 Å². The minimum absolute atomic E-state index is 0.0671. The molecule has 4 nitrogen and oxygen atoms in total. The highest BCUT2D eigenvalue weighted by molar-refractivity contribution is 5.29. The molecule has 1 unspecified atom stereocenters. The van der Waals surface area contributed by atoms with Crippen LogP contribution in [0.3, 0.4) is 0 Å². The average Bonchev–Trinajstić information content (AvgIpc) is 2.79. The van der Waals surface area contributed by atoms with Gasteiger partial charge < -0.3 is 19.5 Å².